The molecule has 1 aromatic carbocycles. The van der Waals surface area contributed by atoms with E-state index in [0.29, 0.717) is 18.1 Å². The van der Waals surface area contributed by atoms with Crippen molar-refractivity contribution in [3.8, 4) is 5.75 Å². The summed E-state index contributed by atoms with van der Waals surface area (Å²) in [5.41, 5.74) is 4.67. The van der Waals surface area contributed by atoms with Crippen molar-refractivity contribution in [3.63, 3.8) is 0 Å². The number of aryl methyl sites for hydroxylation is 1. The lowest BCUT2D eigenvalue weighted by Crippen LogP contribution is -2.39. The first-order chi connectivity index (χ1) is 16.7. The number of ether oxygens (including phenoxy) is 2. The van der Waals surface area contributed by atoms with Crippen LogP contribution in [0, 0.1) is 0 Å². The number of benzene rings is 1. The summed E-state index contributed by atoms with van der Waals surface area (Å²) in [5, 5.41) is 3.19. The van der Waals surface area contributed by atoms with Gasteiger partial charge in [0.2, 0.25) is 0 Å². The van der Waals surface area contributed by atoms with E-state index in [9.17, 15) is 4.79 Å². The Hall–Kier alpha value is -2.44. The molecule has 0 bridgehead atoms. The number of hydrogen-bond donors (Lipinski definition) is 1. The van der Waals surface area contributed by atoms with Crippen molar-refractivity contribution in [3.05, 3.63) is 58.9 Å². The zero-order chi connectivity index (χ0) is 23.2. The van der Waals surface area contributed by atoms with Gasteiger partial charge in [0.05, 0.1) is 12.3 Å². The molecule has 34 heavy (non-hydrogen) atoms. The van der Waals surface area contributed by atoms with E-state index in [4.69, 9.17) is 9.47 Å². The first-order valence-corrected chi connectivity index (χ1v) is 13.1. The summed E-state index contributed by atoms with van der Waals surface area (Å²) < 4.78 is 11.3. The van der Waals surface area contributed by atoms with Gasteiger partial charge < -0.3 is 14.8 Å². The summed E-state index contributed by atoms with van der Waals surface area (Å²) in [4.78, 5) is 19.7. The minimum atomic E-state index is -0.114. The van der Waals surface area contributed by atoms with E-state index >= 15 is 0 Å². The van der Waals surface area contributed by atoms with Crippen LogP contribution in [-0.4, -0.2) is 54.2 Å². The predicted octanol–water partition coefficient (Wildman–Crippen LogP) is 4.30. The molecule has 6 heteroatoms. The largest absolute Gasteiger partial charge is 0.489 e. The molecule has 1 amide bonds. The van der Waals surface area contributed by atoms with E-state index < -0.39 is 0 Å². The minimum Gasteiger partial charge on any atom is -0.489 e. The fourth-order valence-electron chi connectivity index (χ4n) is 5.41. The number of likely N-dealkylation sites (tertiary alicyclic amines) is 1. The monoisotopic (exact) mass is 463 g/mol. The summed E-state index contributed by atoms with van der Waals surface area (Å²) >= 11 is 0. The smallest absolute Gasteiger partial charge is 0.270 e. The Morgan fingerprint density at radius 3 is 2.71 bits per heavy atom. The summed E-state index contributed by atoms with van der Waals surface area (Å²) in [6.07, 6.45) is 12.2. The molecule has 2 aliphatic heterocycles. The molecule has 2 aromatic rings. The lowest BCUT2D eigenvalue weighted by Gasteiger charge is -2.27. The summed E-state index contributed by atoms with van der Waals surface area (Å²) in [5.74, 6) is 0.562. The second-order valence-corrected chi connectivity index (χ2v) is 10.0. The third kappa shape index (κ3) is 6.16. The molecule has 0 spiro atoms. The topological polar surface area (TPSA) is 63.7 Å². The van der Waals surface area contributed by atoms with Gasteiger partial charge in [-0.05, 0) is 86.9 Å². The molecule has 6 nitrogen and oxygen atoms in total. The molecule has 0 saturated carbocycles. The quantitative estimate of drug-likeness (QED) is 0.663. The number of fused-ring (bicyclic) bond motifs is 1. The summed E-state index contributed by atoms with van der Waals surface area (Å²) in [6.45, 7) is 4.86. The predicted molar refractivity (Wildman–Crippen MR) is 132 cm³/mol. The van der Waals surface area contributed by atoms with Gasteiger partial charge in [-0.25, -0.2) is 4.98 Å². The lowest BCUT2D eigenvalue weighted by atomic mass is 9.87. The standard InChI is InChI=1S/C28H37N3O3/c32-28(27-12-11-25(18-29-27)34-20-26-6-5-15-33-26)30-24-10-9-22-16-21(7-8-23(22)17-24)19-31-13-3-1-2-4-14-31/h7-8,11-12,16,18,24,26H,1-6,9-10,13-15,17,19-20H2,(H,30,32)/t24-,26-/m0/s1. The van der Waals surface area contributed by atoms with Crippen LogP contribution < -0.4 is 10.1 Å². The van der Waals surface area contributed by atoms with Crippen LogP contribution in [0.15, 0.2) is 36.5 Å². The molecule has 182 valence electrons. The zero-order valence-corrected chi connectivity index (χ0v) is 20.1. The maximum Gasteiger partial charge on any atom is 0.270 e. The highest BCUT2D eigenvalue weighted by atomic mass is 16.5. The number of hydrogen-bond acceptors (Lipinski definition) is 5. The molecular weight excluding hydrogens is 426 g/mol. The van der Waals surface area contributed by atoms with Crippen LogP contribution >= 0.6 is 0 Å². The van der Waals surface area contributed by atoms with E-state index in [1.807, 2.05) is 6.07 Å². The van der Waals surface area contributed by atoms with E-state index in [0.717, 1.165) is 45.3 Å². The molecule has 2 atom stereocenters. The van der Waals surface area contributed by atoms with Gasteiger partial charge in [0.25, 0.3) is 5.91 Å². The van der Waals surface area contributed by atoms with Crippen molar-refractivity contribution in [1.29, 1.82) is 0 Å². The Morgan fingerprint density at radius 2 is 1.94 bits per heavy atom. The molecule has 2 fully saturated rings. The number of nitrogens with zero attached hydrogens (tertiary/aromatic N) is 2. The molecular formula is C28H37N3O3. The normalized spacial score (nSPS) is 23.2. The number of amides is 1. The van der Waals surface area contributed by atoms with Crippen LogP contribution in [0.1, 0.15) is 72.1 Å². The van der Waals surface area contributed by atoms with Crippen LogP contribution in [-0.2, 0) is 24.1 Å². The van der Waals surface area contributed by atoms with E-state index in [1.54, 1.807) is 12.3 Å². The number of carbonyl (C=O) groups is 1. The average molecular weight is 464 g/mol. The van der Waals surface area contributed by atoms with Gasteiger partial charge in [0, 0.05) is 19.2 Å². The van der Waals surface area contributed by atoms with Crippen molar-refractivity contribution >= 4 is 5.91 Å². The lowest BCUT2D eigenvalue weighted by molar-refractivity contribution is 0.0678. The molecule has 1 aliphatic carbocycles. The zero-order valence-electron chi connectivity index (χ0n) is 20.1. The molecule has 0 radical (unpaired) electrons. The molecule has 1 N–H and O–H groups in total. The maximum atomic E-state index is 12.8. The van der Waals surface area contributed by atoms with Gasteiger partial charge in [-0.2, -0.15) is 0 Å². The Morgan fingerprint density at radius 1 is 1.06 bits per heavy atom. The molecule has 3 aliphatic rings. The van der Waals surface area contributed by atoms with Crippen molar-refractivity contribution in [2.75, 3.05) is 26.3 Å². The van der Waals surface area contributed by atoms with Gasteiger partial charge in [-0.15, -0.1) is 0 Å². The molecule has 1 aromatic heterocycles. The Labute approximate surface area is 203 Å². The van der Waals surface area contributed by atoms with Crippen molar-refractivity contribution in [1.82, 2.24) is 15.2 Å². The first-order valence-electron chi connectivity index (χ1n) is 13.1. The highest BCUT2D eigenvalue weighted by molar-refractivity contribution is 5.92. The van der Waals surface area contributed by atoms with Crippen LogP contribution in [0.3, 0.4) is 0 Å². The van der Waals surface area contributed by atoms with Gasteiger partial charge in [-0.1, -0.05) is 31.0 Å². The Balaban J connectivity index is 1.12. The van der Waals surface area contributed by atoms with Crippen molar-refractivity contribution < 1.29 is 14.3 Å². The first kappa shape index (κ1) is 23.3. The SMILES string of the molecule is O=C(N[C@H]1CCc2cc(CN3CCCCCC3)ccc2C1)c1ccc(OC[C@@H]2CCCO2)cn1. The second-order valence-electron chi connectivity index (χ2n) is 10.0. The number of pyridine rings is 1. The van der Waals surface area contributed by atoms with Gasteiger partial charge in [0.1, 0.15) is 18.1 Å². The molecule has 5 rings (SSSR count). The van der Waals surface area contributed by atoms with Gasteiger partial charge in [-0.3, -0.25) is 9.69 Å². The number of aromatic nitrogens is 1. The number of carbonyl (C=O) groups excluding carboxylic acids is 1. The third-order valence-electron chi connectivity index (χ3n) is 7.37. The van der Waals surface area contributed by atoms with Crippen LogP contribution in [0.5, 0.6) is 5.75 Å². The fraction of sp³-hybridized carbons (Fsp3) is 0.571. The Bertz CT molecular complexity index is 948. The number of rotatable bonds is 7. The molecule has 2 saturated heterocycles. The summed E-state index contributed by atoms with van der Waals surface area (Å²) in [6, 6.07) is 10.7. The fourth-order valence-corrected chi connectivity index (χ4v) is 5.41. The van der Waals surface area contributed by atoms with Crippen LogP contribution in [0.2, 0.25) is 0 Å². The van der Waals surface area contributed by atoms with E-state index in [1.165, 1.54) is 55.5 Å². The number of nitrogens with one attached hydrogen (secondary N) is 1. The van der Waals surface area contributed by atoms with E-state index in [2.05, 4.69) is 33.4 Å². The van der Waals surface area contributed by atoms with Crippen LogP contribution in [0.4, 0.5) is 0 Å². The Kier molecular flexibility index (Phi) is 7.76. The van der Waals surface area contributed by atoms with Crippen molar-refractivity contribution in [2.24, 2.45) is 0 Å². The van der Waals surface area contributed by atoms with Crippen molar-refractivity contribution in [2.45, 2.75) is 76.5 Å². The second kappa shape index (κ2) is 11.3. The maximum absolute atomic E-state index is 12.8. The molecule has 3 heterocycles. The average Bonchev–Trinajstić information content (AvgIpc) is 3.26. The van der Waals surface area contributed by atoms with Gasteiger partial charge >= 0.3 is 0 Å². The minimum absolute atomic E-state index is 0.114. The highest BCUT2D eigenvalue weighted by Crippen LogP contribution is 2.24. The van der Waals surface area contributed by atoms with Crippen LogP contribution in [0.25, 0.3) is 0 Å². The van der Waals surface area contributed by atoms with Gasteiger partial charge in [0.15, 0.2) is 0 Å². The van der Waals surface area contributed by atoms with E-state index in [-0.39, 0.29) is 18.1 Å². The highest BCUT2D eigenvalue weighted by Gasteiger charge is 2.22. The molecule has 0 unspecified atom stereocenters. The summed E-state index contributed by atoms with van der Waals surface area (Å²) in [7, 11) is 0. The third-order valence-corrected chi connectivity index (χ3v) is 7.37.